The summed E-state index contributed by atoms with van der Waals surface area (Å²) in [6, 6.07) is 5.64. The quantitative estimate of drug-likeness (QED) is 0.776. The molecule has 0 bridgehead atoms. The molecule has 130 valence electrons. The molecule has 1 aliphatic rings. The van der Waals surface area contributed by atoms with Crippen molar-refractivity contribution in [3.63, 3.8) is 0 Å². The van der Waals surface area contributed by atoms with Crippen LogP contribution in [-0.4, -0.2) is 24.7 Å². The highest BCUT2D eigenvalue weighted by Gasteiger charge is 2.53. The van der Waals surface area contributed by atoms with E-state index in [-0.39, 0.29) is 35.9 Å². The average molecular weight is 341 g/mol. The fourth-order valence-corrected chi connectivity index (χ4v) is 3.70. The van der Waals surface area contributed by atoms with E-state index in [9.17, 15) is 4.79 Å². The number of hydrogen-bond acceptors (Lipinski definition) is 3. The summed E-state index contributed by atoms with van der Waals surface area (Å²) in [5.41, 5.74) is 8.10. The molecule has 1 aromatic carbocycles. The highest BCUT2D eigenvalue weighted by Crippen LogP contribution is 2.49. The summed E-state index contributed by atoms with van der Waals surface area (Å²) in [5.74, 6) is -0.0315. The van der Waals surface area contributed by atoms with E-state index in [1.807, 2.05) is 26.0 Å². The number of carbonyl (C=O) groups is 1. The number of carbonyl (C=O) groups excluding carboxylic acids is 1. The highest BCUT2D eigenvalue weighted by molar-refractivity contribution is 5.96. The number of ether oxygens (including phenoxy) is 1. The number of rotatable bonds is 6. The van der Waals surface area contributed by atoms with Crippen LogP contribution in [0, 0.1) is 12.3 Å². The normalized spacial score (nSPS) is 21.9. The van der Waals surface area contributed by atoms with Gasteiger partial charge in [0, 0.05) is 29.3 Å². The van der Waals surface area contributed by atoms with E-state index < -0.39 is 0 Å². The summed E-state index contributed by atoms with van der Waals surface area (Å²) >= 11 is 0. The molecular formula is C18H29ClN2O2. The molecule has 5 heteroatoms. The number of benzene rings is 1. The molecule has 3 N–H and O–H groups in total. The molecule has 1 aliphatic carbocycles. The molecule has 1 amide bonds. The van der Waals surface area contributed by atoms with Crippen molar-refractivity contribution in [2.75, 3.05) is 12.3 Å². The fraction of sp³-hybridized carbons (Fsp3) is 0.611. The van der Waals surface area contributed by atoms with Gasteiger partial charge in [0.15, 0.2) is 0 Å². The predicted octanol–water partition coefficient (Wildman–Crippen LogP) is 3.71. The minimum Gasteiger partial charge on any atom is -0.399 e. The number of halogens is 1. The third-order valence-electron chi connectivity index (χ3n) is 5.28. The Morgan fingerprint density at radius 1 is 1.35 bits per heavy atom. The topological polar surface area (TPSA) is 64.3 Å². The zero-order valence-corrected chi connectivity index (χ0v) is 15.3. The SMILES string of the molecule is CCOC1CC(NC(=O)c2cc(N)ccc2C)C1(CC)CC.Cl. The van der Waals surface area contributed by atoms with Crippen molar-refractivity contribution >= 4 is 24.0 Å². The summed E-state index contributed by atoms with van der Waals surface area (Å²) in [6.07, 6.45) is 3.16. The van der Waals surface area contributed by atoms with Crippen LogP contribution < -0.4 is 11.1 Å². The van der Waals surface area contributed by atoms with Gasteiger partial charge in [0.1, 0.15) is 0 Å². The van der Waals surface area contributed by atoms with Crippen molar-refractivity contribution < 1.29 is 9.53 Å². The van der Waals surface area contributed by atoms with Crippen LogP contribution in [0.4, 0.5) is 5.69 Å². The maximum absolute atomic E-state index is 12.6. The number of hydrogen-bond donors (Lipinski definition) is 2. The molecule has 2 rings (SSSR count). The Morgan fingerprint density at radius 2 is 2.00 bits per heavy atom. The minimum absolute atomic E-state index is 0. The molecule has 0 spiro atoms. The smallest absolute Gasteiger partial charge is 0.251 e. The van der Waals surface area contributed by atoms with Gasteiger partial charge in [-0.2, -0.15) is 0 Å². The molecule has 0 heterocycles. The summed E-state index contributed by atoms with van der Waals surface area (Å²) in [7, 11) is 0. The standard InChI is InChI=1S/C18H28N2O2.ClH/c1-5-18(6-2)15(11-16(18)22-7-3)20-17(21)14-10-13(19)9-8-12(14)4;/h8-10,15-16H,5-7,11,19H2,1-4H3,(H,20,21);1H. The third-order valence-corrected chi connectivity index (χ3v) is 5.28. The van der Waals surface area contributed by atoms with Crippen molar-refractivity contribution in [1.82, 2.24) is 5.32 Å². The zero-order chi connectivity index (χ0) is 16.3. The maximum Gasteiger partial charge on any atom is 0.251 e. The number of nitrogens with two attached hydrogens (primary N) is 1. The van der Waals surface area contributed by atoms with Crippen LogP contribution in [0.1, 0.15) is 56.0 Å². The zero-order valence-electron chi connectivity index (χ0n) is 14.5. The molecule has 1 aromatic rings. The first-order valence-electron chi connectivity index (χ1n) is 8.27. The third kappa shape index (κ3) is 3.64. The van der Waals surface area contributed by atoms with Gasteiger partial charge in [0.25, 0.3) is 5.91 Å². The molecule has 0 radical (unpaired) electrons. The number of nitrogens with one attached hydrogen (secondary N) is 1. The van der Waals surface area contributed by atoms with Gasteiger partial charge < -0.3 is 15.8 Å². The first-order chi connectivity index (χ1) is 10.5. The Labute approximate surface area is 145 Å². The number of nitrogen functional groups attached to an aromatic ring is 1. The Bertz CT molecular complexity index is 544. The average Bonchev–Trinajstić information content (AvgIpc) is 2.50. The van der Waals surface area contributed by atoms with E-state index in [0.717, 1.165) is 31.4 Å². The van der Waals surface area contributed by atoms with Crippen molar-refractivity contribution in [1.29, 1.82) is 0 Å². The van der Waals surface area contributed by atoms with Gasteiger partial charge >= 0.3 is 0 Å². The van der Waals surface area contributed by atoms with E-state index in [2.05, 4.69) is 19.2 Å². The lowest BCUT2D eigenvalue weighted by molar-refractivity contribution is -0.134. The van der Waals surface area contributed by atoms with Crippen LogP contribution in [-0.2, 0) is 4.74 Å². The van der Waals surface area contributed by atoms with Gasteiger partial charge in [-0.15, -0.1) is 12.4 Å². The largest absolute Gasteiger partial charge is 0.399 e. The first-order valence-corrected chi connectivity index (χ1v) is 8.27. The summed E-state index contributed by atoms with van der Waals surface area (Å²) in [5, 5.41) is 3.21. The van der Waals surface area contributed by atoms with Gasteiger partial charge in [-0.1, -0.05) is 19.9 Å². The minimum atomic E-state index is -0.0315. The van der Waals surface area contributed by atoms with Crippen LogP contribution >= 0.6 is 12.4 Å². The molecule has 0 aromatic heterocycles. The van der Waals surface area contributed by atoms with E-state index in [1.165, 1.54) is 0 Å². The number of aryl methyl sites for hydroxylation is 1. The number of amides is 1. The molecule has 0 saturated heterocycles. The van der Waals surface area contributed by atoms with Crippen LogP contribution in [0.15, 0.2) is 18.2 Å². The van der Waals surface area contributed by atoms with Gasteiger partial charge in [0.05, 0.1) is 6.10 Å². The lowest BCUT2D eigenvalue weighted by Crippen LogP contribution is -2.64. The molecular weight excluding hydrogens is 312 g/mol. The molecule has 1 fully saturated rings. The Hall–Kier alpha value is -1.26. The lowest BCUT2D eigenvalue weighted by Gasteiger charge is -2.55. The lowest BCUT2D eigenvalue weighted by atomic mass is 9.58. The van der Waals surface area contributed by atoms with Gasteiger partial charge in [0.2, 0.25) is 0 Å². The second-order valence-electron chi connectivity index (χ2n) is 6.22. The second-order valence-corrected chi connectivity index (χ2v) is 6.22. The van der Waals surface area contributed by atoms with E-state index in [0.29, 0.717) is 11.3 Å². The van der Waals surface area contributed by atoms with Crippen LogP contribution in [0.5, 0.6) is 0 Å². The Balaban J connectivity index is 0.00000264. The molecule has 0 aliphatic heterocycles. The van der Waals surface area contributed by atoms with Crippen LogP contribution in [0.2, 0.25) is 0 Å². The van der Waals surface area contributed by atoms with Gasteiger partial charge in [-0.3, -0.25) is 4.79 Å². The van der Waals surface area contributed by atoms with Crippen LogP contribution in [0.3, 0.4) is 0 Å². The van der Waals surface area contributed by atoms with Crippen molar-refractivity contribution in [3.8, 4) is 0 Å². The van der Waals surface area contributed by atoms with Crippen LogP contribution in [0.25, 0.3) is 0 Å². The number of anilines is 1. The van der Waals surface area contributed by atoms with Gasteiger partial charge in [-0.05, 0) is 50.8 Å². The molecule has 23 heavy (non-hydrogen) atoms. The fourth-order valence-electron chi connectivity index (χ4n) is 3.70. The van der Waals surface area contributed by atoms with E-state index in [4.69, 9.17) is 10.5 Å². The molecule has 4 nitrogen and oxygen atoms in total. The summed E-state index contributed by atoms with van der Waals surface area (Å²) < 4.78 is 5.86. The maximum atomic E-state index is 12.6. The summed E-state index contributed by atoms with van der Waals surface area (Å²) in [6.45, 7) is 9.05. The molecule has 2 atom stereocenters. The van der Waals surface area contributed by atoms with Crippen molar-refractivity contribution in [2.24, 2.45) is 5.41 Å². The Kier molecular flexibility index (Phi) is 6.90. The Morgan fingerprint density at radius 3 is 2.57 bits per heavy atom. The molecule has 2 unspecified atom stereocenters. The van der Waals surface area contributed by atoms with Gasteiger partial charge in [-0.25, -0.2) is 0 Å². The van der Waals surface area contributed by atoms with E-state index >= 15 is 0 Å². The monoisotopic (exact) mass is 340 g/mol. The second kappa shape index (κ2) is 8.02. The predicted molar refractivity (Wildman–Crippen MR) is 97.1 cm³/mol. The van der Waals surface area contributed by atoms with Crippen molar-refractivity contribution in [2.45, 2.75) is 59.1 Å². The molecule has 1 saturated carbocycles. The summed E-state index contributed by atoms with van der Waals surface area (Å²) in [4.78, 5) is 12.6. The van der Waals surface area contributed by atoms with Crippen molar-refractivity contribution in [3.05, 3.63) is 29.3 Å². The first kappa shape index (κ1) is 19.8. The highest BCUT2D eigenvalue weighted by atomic mass is 35.5. The van der Waals surface area contributed by atoms with E-state index in [1.54, 1.807) is 6.07 Å².